The van der Waals surface area contributed by atoms with Crippen LogP contribution in [0.25, 0.3) is 6.08 Å². The molecule has 2 nitrogen and oxygen atoms in total. The summed E-state index contributed by atoms with van der Waals surface area (Å²) in [7, 11) is 0. The van der Waals surface area contributed by atoms with Crippen molar-refractivity contribution in [1.82, 2.24) is 0 Å². The SMILES string of the molecule is O=C(C=Cc1ccc(O)cc1)c1cccc(Br)c1. The minimum absolute atomic E-state index is 0.0515. The van der Waals surface area contributed by atoms with Crippen LogP contribution in [0.3, 0.4) is 0 Å². The van der Waals surface area contributed by atoms with Gasteiger partial charge in [0.2, 0.25) is 0 Å². The molecule has 0 aromatic heterocycles. The zero-order valence-electron chi connectivity index (χ0n) is 9.51. The average molecular weight is 303 g/mol. The van der Waals surface area contributed by atoms with E-state index >= 15 is 0 Å². The molecule has 2 aromatic carbocycles. The lowest BCUT2D eigenvalue weighted by molar-refractivity contribution is 0.104. The number of hydrogen-bond donors (Lipinski definition) is 1. The largest absolute Gasteiger partial charge is 0.508 e. The van der Waals surface area contributed by atoms with Crippen LogP contribution < -0.4 is 0 Å². The summed E-state index contributed by atoms with van der Waals surface area (Å²) in [6, 6.07) is 13.9. The van der Waals surface area contributed by atoms with E-state index in [4.69, 9.17) is 5.11 Å². The molecule has 3 heteroatoms. The molecular weight excluding hydrogens is 292 g/mol. The van der Waals surface area contributed by atoms with E-state index in [9.17, 15) is 4.79 Å². The molecule has 0 unspecified atom stereocenters. The van der Waals surface area contributed by atoms with Gasteiger partial charge < -0.3 is 5.11 Å². The summed E-state index contributed by atoms with van der Waals surface area (Å²) in [5, 5.41) is 9.15. The molecular formula is C15H11BrO2. The predicted molar refractivity (Wildman–Crippen MR) is 75.6 cm³/mol. The van der Waals surface area contributed by atoms with Crippen LogP contribution in [-0.2, 0) is 0 Å². The first kappa shape index (κ1) is 12.6. The number of carbonyl (C=O) groups excluding carboxylic acids is 1. The van der Waals surface area contributed by atoms with Gasteiger partial charge in [-0.25, -0.2) is 0 Å². The van der Waals surface area contributed by atoms with Gasteiger partial charge in [-0.3, -0.25) is 4.79 Å². The summed E-state index contributed by atoms with van der Waals surface area (Å²) in [6.45, 7) is 0. The molecule has 0 aliphatic heterocycles. The molecule has 0 spiro atoms. The summed E-state index contributed by atoms with van der Waals surface area (Å²) >= 11 is 3.33. The molecule has 18 heavy (non-hydrogen) atoms. The van der Waals surface area contributed by atoms with Crippen molar-refractivity contribution in [2.24, 2.45) is 0 Å². The van der Waals surface area contributed by atoms with Crippen LogP contribution in [0.5, 0.6) is 5.75 Å². The van der Waals surface area contributed by atoms with Crippen molar-refractivity contribution < 1.29 is 9.90 Å². The van der Waals surface area contributed by atoms with Gasteiger partial charge in [-0.05, 0) is 35.9 Å². The summed E-state index contributed by atoms with van der Waals surface area (Å²) in [6.07, 6.45) is 3.25. The topological polar surface area (TPSA) is 37.3 Å². The molecule has 0 fully saturated rings. The molecule has 2 aromatic rings. The average Bonchev–Trinajstić information content (AvgIpc) is 2.38. The number of allylic oxidation sites excluding steroid dienone is 1. The van der Waals surface area contributed by atoms with Crippen molar-refractivity contribution >= 4 is 27.8 Å². The van der Waals surface area contributed by atoms with Crippen molar-refractivity contribution in [3.05, 3.63) is 70.2 Å². The van der Waals surface area contributed by atoms with Gasteiger partial charge in [0.1, 0.15) is 5.75 Å². The van der Waals surface area contributed by atoms with Crippen LogP contribution >= 0.6 is 15.9 Å². The minimum atomic E-state index is -0.0515. The van der Waals surface area contributed by atoms with E-state index in [1.807, 2.05) is 12.1 Å². The van der Waals surface area contributed by atoms with Gasteiger partial charge in [-0.2, -0.15) is 0 Å². The first-order valence-corrected chi connectivity index (χ1v) is 6.21. The van der Waals surface area contributed by atoms with Gasteiger partial charge in [-0.15, -0.1) is 0 Å². The standard InChI is InChI=1S/C15H11BrO2/c16-13-3-1-2-12(10-13)15(18)9-6-11-4-7-14(17)8-5-11/h1-10,17H. The number of ketones is 1. The first-order valence-electron chi connectivity index (χ1n) is 5.42. The Morgan fingerprint density at radius 3 is 2.50 bits per heavy atom. The quantitative estimate of drug-likeness (QED) is 0.686. The van der Waals surface area contributed by atoms with Gasteiger partial charge in [0.05, 0.1) is 0 Å². The van der Waals surface area contributed by atoms with Gasteiger partial charge in [-0.1, -0.05) is 46.3 Å². The molecule has 0 radical (unpaired) electrons. The fraction of sp³-hybridized carbons (Fsp3) is 0. The predicted octanol–water partition coefficient (Wildman–Crippen LogP) is 4.05. The fourth-order valence-electron chi connectivity index (χ4n) is 1.50. The summed E-state index contributed by atoms with van der Waals surface area (Å²) < 4.78 is 0.881. The second kappa shape index (κ2) is 5.65. The third-order valence-corrected chi connectivity index (χ3v) is 2.92. The van der Waals surface area contributed by atoms with Crippen molar-refractivity contribution in [3.8, 4) is 5.75 Å². The number of benzene rings is 2. The van der Waals surface area contributed by atoms with Crippen LogP contribution in [-0.4, -0.2) is 10.9 Å². The van der Waals surface area contributed by atoms with E-state index in [0.29, 0.717) is 5.56 Å². The van der Waals surface area contributed by atoms with Gasteiger partial charge in [0.25, 0.3) is 0 Å². The maximum Gasteiger partial charge on any atom is 0.185 e. The molecule has 90 valence electrons. The lowest BCUT2D eigenvalue weighted by atomic mass is 10.1. The normalized spacial score (nSPS) is 10.7. The molecule has 2 rings (SSSR count). The van der Waals surface area contributed by atoms with Crippen LogP contribution in [0.15, 0.2) is 59.1 Å². The van der Waals surface area contributed by atoms with Crippen molar-refractivity contribution in [3.63, 3.8) is 0 Å². The number of phenolic OH excluding ortho intramolecular Hbond substituents is 1. The minimum Gasteiger partial charge on any atom is -0.508 e. The van der Waals surface area contributed by atoms with E-state index in [-0.39, 0.29) is 11.5 Å². The summed E-state index contributed by atoms with van der Waals surface area (Å²) in [4.78, 5) is 11.9. The van der Waals surface area contributed by atoms with E-state index in [0.717, 1.165) is 10.0 Å². The fourth-order valence-corrected chi connectivity index (χ4v) is 1.89. The Morgan fingerprint density at radius 1 is 1.11 bits per heavy atom. The van der Waals surface area contributed by atoms with Crippen molar-refractivity contribution in [2.45, 2.75) is 0 Å². The zero-order chi connectivity index (χ0) is 13.0. The van der Waals surface area contributed by atoms with Crippen LogP contribution in [0, 0.1) is 0 Å². The second-order valence-corrected chi connectivity index (χ2v) is 4.72. The highest BCUT2D eigenvalue weighted by atomic mass is 79.9. The van der Waals surface area contributed by atoms with Crippen molar-refractivity contribution in [2.75, 3.05) is 0 Å². The molecule has 0 aliphatic carbocycles. The van der Waals surface area contributed by atoms with Crippen LogP contribution in [0.1, 0.15) is 15.9 Å². The van der Waals surface area contributed by atoms with E-state index in [2.05, 4.69) is 15.9 Å². The monoisotopic (exact) mass is 302 g/mol. The van der Waals surface area contributed by atoms with Crippen molar-refractivity contribution in [1.29, 1.82) is 0 Å². The number of halogens is 1. The number of phenols is 1. The summed E-state index contributed by atoms with van der Waals surface area (Å²) in [5.41, 5.74) is 1.51. The molecule has 0 atom stereocenters. The van der Waals surface area contributed by atoms with Gasteiger partial charge in [0, 0.05) is 10.0 Å². The van der Waals surface area contributed by atoms with Gasteiger partial charge in [0.15, 0.2) is 5.78 Å². The number of hydrogen-bond acceptors (Lipinski definition) is 2. The lowest BCUT2D eigenvalue weighted by Crippen LogP contribution is -1.93. The Morgan fingerprint density at radius 2 is 1.83 bits per heavy atom. The molecule has 0 saturated carbocycles. The van der Waals surface area contributed by atoms with E-state index < -0.39 is 0 Å². The molecule has 0 saturated heterocycles. The van der Waals surface area contributed by atoms with E-state index in [1.54, 1.807) is 42.5 Å². The molecule has 1 N–H and O–H groups in total. The third-order valence-electron chi connectivity index (χ3n) is 2.43. The molecule has 0 heterocycles. The molecule has 0 bridgehead atoms. The highest BCUT2D eigenvalue weighted by Gasteiger charge is 2.01. The second-order valence-electron chi connectivity index (χ2n) is 3.80. The highest BCUT2D eigenvalue weighted by molar-refractivity contribution is 9.10. The molecule has 0 amide bonds. The van der Waals surface area contributed by atoms with Gasteiger partial charge >= 0.3 is 0 Å². The Balaban J connectivity index is 2.14. The number of rotatable bonds is 3. The Labute approximate surface area is 114 Å². The maximum atomic E-state index is 11.9. The zero-order valence-corrected chi connectivity index (χ0v) is 11.1. The Bertz CT molecular complexity index is 586. The Hall–Kier alpha value is -1.87. The first-order chi connectivity index (χ1) is 8.65. The maximum absolute atomic E-state index is 11.9. The number of aromatic hydroxyl groups is 1. The van der Waals surface area contributed by atoms with Crippen LogP contribution in [0.4, 0.5) is 0 Å². The molecule has 0 aliphatic rings. The summed E-state index contributed by atoms with van der Waals surface area (Å²) in [5.74, 6) is 0.162. The third kappa shape index (κ3) is 3.31. The van der Waals surface area contributed by atoms with E-state index in [1.165, 1.54) is 6.08 Å². The Kier molecular flexibility index (Phi) is 3.95. The number of carbonyl (C=O) groups is 1. The lowest BCUT2D eigenvalue weighted by Gasteiger charge is -1.97. The van der Waals surface area contributed by atoms with Crippen LogP contribution in [0.2, 0.25) is 0 Å². The highest BCUT2D eigenvalue weighted by Crippen LogP contribution is 2.14. The smallest absolute Gasteiger partial charge is 0.185 e.